The van der Waals surface area contributed by atoms with Crippen LogP contribution in [0.1, 0.15) is 19.8 Å². The van der Waals surface area contributed by atoms with Crippen molar-refractivity contribution in [1.82, 2.24) is 19.1 Å². The minimum absolute atomic E-state index is 0.0374. The van der Waals surface area contributed by atoms with Crippen LogP contribution in [-0.2, 0) is 13.6 Å². The first-order valence-electron chi connectivity index (χ1n) is 8.15. The van der Waals surface area contributed by atoms with Crippen LogP contribution < -0.4 is 16.1 Å². The molecule has 0 radical (unpaired) electrons. The van der Waals surface area contributed by atoms with Gasteiger partial charge in [-0.1, -0.05) is 6.92 Å². The molecule has 0 aliphatic carbocycles. The summed E-state index contributed by atoms with van der Waals surface area (Å²) in [6, 6.07) is 0. The SMILES string of the molecule is CC1CCN(c2nc3c(c(=O)[nH]c(=O)n3C)n2CC(O)CO)CC1. The number of hydrogen-bond donors (Lipinski definition) is 3. The molecule has 3 heterocycles. The highest BCUT2D eigenvalue weighted by atomic mass is 16.3. The normalized spacial score (nSPS) is 17.6. The third kappa shape index (κ3) is 2.84. The number of aryl methyl sites for hydroxylation is 1. The van der Waals surface area contributed by atoms with Crippen LogP contribution in [0.3, 0.4) is 0 Å². The first-order valence-corrected chi connectivity index (χ1v) is 8.15. The van der Waals surface area contributed by atoms with E-state index in [-0.39, 0.29) is 17.7 Å². The number of aliphatic hydroxyl groups excluding tert-OH is 2. The summed E-state index contributed by atoms with van der Waals surface area (Å²) in [6.45, 7) is 3.41. The number of rotatable bonds is 4. The Morgan fingerprint density at radius 3 is 2.62 bits per heavy atom. The monoisotopic (exact) mass is 337 g/mol. The molecule has 0 saturated carbocycles. The topological polar surface area (TPSA) is 116 Å². The van der Waals surface area contributed by atoms with Crippen molar-refractivity contribution in [1.29, 1.82) is 0 Å². The maximum atomic E-state index is 12.3. The molecule has 9 nitrogen and oxygen atoms in total. The van der Waals surface area contributed by atoms with E-state index in [2.05, 4.69) is 21.8 Å². The van der Waals surface area contributed by atoms with Gasteiger partial charge in [0.1, 0.15) is 0 Å². The van der Waals surface area contributed by atoms with Crippen LogP contribution in [-0.4, -0.2) is 55.1 Å². The van der Waals surface area contributed by atoms with E-state index in [0.717, 1.165) is 25.9 Å². The molecule has 3 N–H and O–H groups in total. The number of aromatic amines is 1. The number of nitrogens with zero attached hydrogens (tertiary/aromatic N) is 4. The lowest BCUT2D eigenvalue weighted by molar-refractivity contribution is 0.0822. The van der Waals surface area contributed by atoms with Crippen LogP contribution in [0.2, 0.25) is 0 Å². The van der Waals surface area contributed by atoms with Crippen LogP contribution in [0, 0.1) is 5.92 Å². The molecule has 0 spiro atoms. The number of nitrogens with one attached hydrogen (secondary N) is 1. The largest absolute Gasteiger partial charge is 0.394 e. The highest BCUT2D eigenvalue weighted by Gasteiger charge is 2.25. The maximum Gasteiger partial charge on any atom is 0.329 e. The van der Waals surface area contributed by atoms with Crippen molar-refractivity contribution in [3.8, 4) is 0 Å². The van der Waals surface area contributed by atoms with Gasteiger partial charge in [-0.3, -0.25) is 14.3 Å². The molecule has 132 valence electrons. The number of fused-ring (bicyclic) bond motifs is 1. The van der Waals surface area contributed by atoms with Crippen molar-refractivity contribution in [2.75, 3.05) is 24.6 Å². The Bertz CT molecular complexity index is 844. The average molecular weight is 337 g/mol. The third-order valence-corrected chi connectivity index (χ3v) is 4.66. The molecule has 1 atom stereocenters. The van der Waals surface area contributed by atoms with Gasteiger partial charge in [-0.15, -0.1) is 0 Å². The molecule has 0 bridgehead atoms. The van der Waals surface area contributed by atoms with Gasteiger partial charge in [0.25, 0.3) is 5.56 Å². The molecule has 1 aliphatic heterocycles. The zero-order valence-corrected chi connectivity index (χ0v) is 13.9. The summed E-state index contributed by atoms with van der Waals surface area (Å²) >= 11 is 0. The number of aliphatic hydroxyl groups is 2. The Balaban J connectivity index is 2.18. The minimum Gasteiger partial charge on any atom is -0.394 e. The molecule has 24 heavy (non-hydrogen) atoms. The Kier molecular flexibility index (Phi) is 4.46. The molecule has 2 aromatic rings. The van der Waals surface area contributed by atoms with Crippen molar-refractivity contribution in [2.45, 2.75) is 32.4 Å². The van der Waals surface area contributed by atoms with E-state index in [1.165, 1.54) is 4.57 Å². The van der Waals surface area contributed by atoms with Crippen molar-refractivity contribution in [3.63, 3.8) is 0 Å². The maximum absolute atomic E-state index is 12.3. The van der Waals surface area contributed by atoms with Crippen LogP contribution in [0.25, 0.3) is 11.2 Å². The highest BCUT2D eigenvalue weighted by Crippen LogP contribution is 2.25. The molecule has 1 aliphatic rings. The molecule has 9 heteroatoms. The molecular weight excluding hydrogens is 314 g/mol. The summed E-state index contributed by atoms with van der Waals surface area (Å²) in [5.41, 5.74) is -0.554. The molecule has 1 unspecified atom stereocenters. The van der Waals surface area contributed by atoms with Crippen molar-refractivity contribution in [2.24, 2.45) is 13.0 Å². The van der Waals surface area contributed by atoms with Gasteiger partial charge in [0, 0.05) is 20.1 Å². The van der Waals surface area contributed by atoms with Gasteiger partial charge in [-0.05, 0) is 18.8 Å². The molecule has 2 aromatic heterocycles. The van der Waals surface area contributed by atoms with Gasteiger partial charge in [-0.2, -0.15) is 4.98 Å². The minimum atomic E-state index is -1.01. The summed E-state index contributed by atoms with van der Waals surface area (Å²) in [7, 11) is 1.54. The van der Waals surface area contributed by atoms with Gasteiger partial charge >= 0.3 is 5.69 Å². The fourth-order valence-electron chi connectivity index (χ4n) is 3.11. The molecule has 1 fully saturated rings. The Morgan fingerprint density at radius 2 is 2.00 bits per heavy atom. The van der Waals surface area contributed by atoms with Crippen LogP contribution >= 0.6 is 0 Å². The lowest BCUT2D eigenvalue weighted by Crippen LogP contribution is -2.36. The van der Waals surface area contributed by atoms with E-state index in [0.29, 0.717) is 11.9 Å². The Morgan fingerprint density at radius 1 is 1.33 bits per heavy atom. The number of aromatic nitrogens is 4. The number of hydrogen-bond acceptors (Lipinski definition) is 6. The van der Waals surface area contributed by atoms with E-state index in [1.807, 2.05) is 0 Å². The van der Waals surface area contributed by atoms with Crippen molar-refractivity contribution < 1.29 is 10.2 Å². The van der Waals surface area contributed by atoms with E-state index in [9.17, 15) is 19.8 Å². The third-order valence-electron chi connectivity index (χ3n) is 4.66. The number of anilines is 1. The number of imidazole rings is 1. The highest BCUT2D eigenvalue weighted by molar-refractivity contribution is 5.74. The predicted octanol–water partition coefficient (Wildman–Crippen LogP) is -0.987. The van der Waals surface area contributed by atoms with Gasteiger partial charge in [0.15, 0.2) is 11.2 Å². The molecule has 0 aromatic carbocycles. The number of H-pyrrole nitrogens is 1. The molecular formula is C15H23N5O4. The van der Waals surface area contributed by atoms with Gasteiger partial charge in [0.05, 0.1) is 19.3 Å². The van der Waals surface area contributed by atoms with E-state index in [4.69, 9.17) is 0 Å². The second-order valence-corrected chi connectivity index (χ2v) is 6.52. The molecule has 1 saturated heterocycles. The summed E-state index contributed by atoms with van der Waals surface area (Å²) in [5.74, 6) is 1.19. The summed E-state index contributed by atoms with van der Waals surface area (Å²) in [6.07, 6.45) is 1.02. The first-order chi connectivity index (χ1) is 11.4. The van der Waals surface area contributed by atoms with E-state index >= 15 is 0 Å². The second-order valence-electron chi connectivity index (χ2n) is 6.52. The van der Waals surface area contributed by atoms with Gasteiger partial charge in [0.2, 0.25) is 5.95 Å². The Labute approximate surface area is 138 Å². The summed E-state index contributed by atoms with van der Waals surface area (Å²) < 4.78 is 2.89. The predicted molar refractivity (Wildman–Crippen MR) is 89.3 cm³/mol. The molecule has 0 amide bonds. The van der Waals surface area contributed by atoms with Crippen molar-refractivity contribution in [3.05, 3.63) is 20.8 Å². The fourth-order valence-corrected chi connectivity index (χ4v) is 3.11. The number of piperidine rings is 1. The second kappa shape index (κ2) is 6.40. The summed E-state index contributed by atoms with van der Waals surface area (Å²) in [5, 5.41) is 19.0. The Hall–Kier alpha value is -2.13. The van der Waals surface area contributed by atoms with Crippen molar-refractivity contribution >= 4 is 17.1 Å². The lowest BCUT2D eigenvalue weighted by atomic mass is 10.00. The smallest absolute Gasteiger partial charge is 0.329 e. The van der Waals surface area contributed by atoms with Crippen LogP contribution in [0.5, 0.6) is 0 Å². The van der Waals surface area contributed by atoms with Crippen LogP contribution in [0.4, 0.5) is 5.95 Å². The standard InChI is InChI=1S/C15H23N5O4/c1-9-3-5-19(6-4-9)14-16-12-11(20(14)7-10(22)8-21)13(23)17-15(24)18(12)2/h9-10,21-22H,3-8H2,1-2H3,(H,17,23,24). The van der Waals surface area contributed by atoms with Gasteiger partial charge < -0.3 is 19.7 Å². The first kappa shape index (κ1) is 16.7. The average Bonchev–Trinajstić information content (AvgIpc) is 2.93. The van der Waals surface area contributed by atoms with Gasteiger partial charge in [-0.25, -0.2) is 4.79 Å². The van der Waals surface area contributed by atoms with Crippen LogP contribution in [0.15, 0.2) is 9.59 Å². The summed E-state index contributed by atoms with van der Waals surface area (Å²) in [4.78, 5) is 33.0. The zero-order chi connectivity index (χ0) is 17.4. The molecule has 3 rings (SSSR count). The zero-order valence-electron chi connectivity index (χ0n) is 13.9. The quantitative estimate of drug-likeness (QED) is 0.660. The van der Waals surface area contributed by atoms with E-state index < -0.39 is 24.0 Å². The van der Waals surface area contributed by atoms with E-state index in [1.54, 1.807) is 11.6 Å². The lowest BCUT2D eigenvalue weighted by Gasteiger charge is -2.31. The fraction of sp³-hybridized carbons (Fsp3) is 0.667.